The van der Waals surface area contributed by atoms with Crippen molar-refractivity contribution >= 4 is 16.0 Å². The summed E-state index contributed by atoms with van der Waals surface area (Å²) < 4.78 is 32.0. The number of methoxy groups -OCH3 is 1. The maximum atomic E-state index is 12.3. The highest BCUT2D eigenvalue weighted by molar-refractivity contribution is 7.89. The molecule has 1 aromatic carbocycles. The van der Waals surface area contributed by atoms with E-state index in [1.807, 2.05) is 6.07 Å². The van der Waals surface area contributed by atoms with Crippen molar-refractivity contribution in [2.45, 2.75) is 50.0 Å². The van der Waals surface area contributed by atoms with Gasteiger partial charge in [0.05, 0.1) is 11.5 Å². The van der Waals surface area contributed by atoms with Crippen molar-refractivity contribution in [2.24, 2.45) is 10.9 Å². The van der Waals surface area contributed by atoms with Crippen LogP contribution in [0.15, 0.2) is 34.2 Å². The minimum absolute atomic E-state index is 0.249. The summed E-state index contributed by atoms with van der Waals surface area (Å²) in [6.07, 6.45) is 7.96. The van der Waals surface area contributed by atoms with Gasteiger partial charge in [-0.1, -0.05) is 37.8 Å². The molecule has 0 amide bonds. The van der Waals surface area contributed by atoms with E-state index in [1.54, 1.807) is 25.2 Å². The fraction of sp³-hybridized carbons (Fsp3) is 0.650. The minimum atomic E-state index is -3.53. The molecule has 1 aliphatic carbocycles. The first kappa shape index (κ1) is 22.6. The van der Waals surface area contributed by atoms with Crippen LogP contribution in [0.25, 0.3) is 0 Å². The van der Waals surface area contributed by atoms with Crippen molar-refractivity contribution in [1.82, 2.24) is 15.4 Å². The molecule has 1 saturated carbocycles. The number of sulfonamides is 1. The topological polar surface area (TPSA) is 91.8 Å². The van der Waals surface area contributed by atoms with E-state index in [0.717, 1.165) is 30.4 Å². The Hall–Kier alpha value is -1.64. The van der Waals surface area contributed by atoms with E-state index in [1.165, 1.54) is 39.2 Å². The summed E-state index contributed by atoms with van der Waals surface area (Å²) in [6.45, 7) is 1.99. The molecule has 7 nitrogen and oxygen atoms in total. The molecular formula is C20H34N4O3S. The van der Waals surface area contributed by atoms with Crippen LogP contribution in [0.4, 0.5) is 0 Å². The number of hydrogen-bond donors (Lipinski definition) is 3. The molecule has 3 N–H and O–H groups in total. The number of nitrogens with one attached hydrogen (secondary N) is 3. The van der Waals surface area contributed by atoms with Gasteiger partial charge in [0.15, 0.2) is 5.96 Å². The van der Waals surface area contributed by atoms with E-state index < -0.39 is 10.0 Å². The summed E-state index contributed by atoms with van der Waals surface area (Å²) in [5.41, 5.74) is 0.878. The Balaban J connectivity index is 1.78. The van der Waals surface area contributed by atoms with E-state index in [9.17, 15) is 8.42 Å². The molecule has 158 valence electrons. The zero-order valence-corrected chi connectivity index (χ0v) is 17.9. The number of benzene rings is 1. The Labute approximate surface area is 169 Å². The van der Waals surface area contributed by atoms with E-state index in [0.29, 0.717) is 13.2 Å². The number of guanidine groups is 1. The molecule has 8 heteroatoms. The van der Waals surface area contributed by atoms with Crippen LogP contribution in [-0.4, -0.2) is 48.2 Å². The lowest BCUT2D eigenvalue weighted by atomic mass is 10.0. The van der Waals surface area contributed by atoms with Crippen LogP contribution in [0, 0.1) is 5.92 Å². The van der Waals surface area contributed by atoms with Crippen LogP contribution in [0.5, 0.6) is 0 Å². The van der Waals surface area contributed by atoms with Gasteiger partial charge >= 0.3 is 0 Å². The molecule has 0 radical (unpaired) electrons. The first-order valence-corrected chi connectivity index (χ1v) is 11.6. The third-order valence-electron chi connectivity index (χ3n) is 5.05. The second kappa shape index (κ2) is 12.0. The molecular weight excluding hydrogens is 376 g/mol. The molecule has 1 aliphatic rings. The Morgan fingerprint density at radius 1 is 1.21 bits per heavy atom. The lowest BCUT2D eigenvalue weighted by Gasteiger charge is -2.14. The predicted molar refractivity (Wildman–Crippen MR) is 113 cm³/mol. The van der Waals surface area contributed by atoms with Gasteiger partial charge < -0.3 is 15.4 Å². The molecule has 0 aromatic heterocycles. The number of aliphatic imine (C=N–C) groups is 1. The van der Waals surface area contributed by atoms with Gasteiger partial charge in [-0.15, -0.1) is 0 Å². The zero-order chi connectivity index (χ0) is 20.2. The maximum absolute atomic E-state index is 12.3. The molecule has 0 spiro atoms. The monoisotopic (exact) mass is 410 g/mol. The van der Waals surface area contributed by atoms with Gasteiger partial charge in [-0.25, -0.2) is 13.1 Å². The Bertz CT molecular complexity index is 716. The third kappa shape index (κ3) is 7.77. The van der Waals surface area contributed by atoms with Gasteiger partial charge in [-0.3, -0.25) is 4.99 Å². The fourth-order valence-electron chi connectivity index (χ4n) is 3.49. The summed E-state index contributed by atoms with van der Waals surface area (Å²) in [5, 5.41) is 6.59. The third-order valence-corrected chi connectivity index (χ3v) is 6.51. The molecule has 2 rings (SSSR count). The number of nitrogens with zero attached hydrogens (tertiary/aromatic N) is 1. The average molecular weight is 411 g/mol. The van der Waals surface area contributed by atoms with Crippen molar-refractivity contribution in [1.29, 1.82) is 0 Å². The molecule has 0 heterocycles. The van der Waals surface area contributed by atoms with E-state index in [4.69, 9.17) is 4.74 Å². The molecule has 0 aliphatic heterocycles. The van der Waals surface area contributed by atoms with E-state index in [2.05, 4.69) is 20.3 Å². The van der Waals surface area contributed by atoms with Crippen LogP contribution in [-0.2, 0) is 21.3 Å². The van der Waals surface area contributed by atoms with Crippen LogP contribution in [0.2, 0.25) is 0 Å². The highest BCUT2D eigenvalue weighted by Gasteiger charge is 2.15. The Morgan fingerprint density at radius 3 is 2.71 bits per heavy atom. The highest BCUT2D eigenvalue weighted by Crippen LogP contribution is 2.28. The molecule has 0 saturated heterocycles. The molecule has 1 fully saturated rings. The Kier molecular flexibility index (Phi) is 9.73. The molecule has 28 heavy (non-hydrogen) atoms. The SMILES string of the molecule is CN=C(NCCCC1CCCC1)NCc1cccc(S(=O)(=O)NCCOC)c1. The second-order valence-electron chi connectivity index (χ2n) is 7.18. The van der Waals surface area contributed by atoms with Crippen LogP contribution in [0.1, 0.15) is 44.1 Å². The van der Waals surface area contributed by atoms with Gasteiger partial charge in [-0.2, -0.15) is 0 Å². The van der Waals surface area contributed by atoms with Crippen molar-refractivity contribution in [3.8, 4) is 0 Å². The molecule has 0 bridgehead atoms. The van der Waals surface area contributed by atoms with E-state index >= 15 is 0 Å². The highest BCUT2D eigenvalue weighted by atomic mass is 32.2. The van der Waals surface area contributed by atoms with Gasteiger partial charge in [0.1, 0.15) is 0 Å². The Morgan fingerprint density at radius 2 is 2.00 bits per heavy atom. The van der Waals surface area contributed by atoms with Crippen molar-refractivity contribution < 1.29 is 13.2 Å². The lowest BCUT2D eigenvalue weighted by molar-refractivity contribution is 0.204. The largest absolute Gasteiger partial charge is 0.383 e. The first-order valence-electron chi connectivity index (χ1n) is 10.1. The summed E-state index contributed by atoms with van der Waals surface area (Å²) in [7, 11) is -0.248. The molecule has 0 atom stereocenters. The second-order valence-corrected chi connectivity index (χ2v) is 8.95. The van der Waals surface area contributed by atoms with Crippen molar-refractivity contribution in [2.75, 3.05) is 33.9 Å². The molecule has 0 unspecified atom stereocenters. The molecule has 1 aromatic rings. The number of ether oxygens (including phenoxy) is 1. The fourth-order valence-corrected chi connectivity index (χ4v) is 4.57. The van der Waals surface area contributed by atoms with Crippen LogP contribution >= 0.6 is 0 Å². The lowest BCUT2D eigenvalue weighted by Crippen LogP contribution is -2.37. The first-order chi connectivity index (χ1) is 13.5. The summed E-state index contributed by atoms with van der Waals surface area (Å²) in [4.78, 5) is 4.50. The predicted octanol–water partition coefficient (Wildman–Crippen LogP) is 2.25. The average Bonchev–Trinajstić information content (AvgIpc) is 3.21. The minimum Gasteiger partial charge on any atom is -0.383 e. The summed E-state index contributed by atoms with van der Waals surface area (Å²) in [6, 6.07) is 6.92. The number of rotatable bonds is 11. The van der Waals surface area contributed by atoms with E-state index in [-0.39, 0.29) is 11.4 Å². The summed E-state index contributed by atoms with van der Waals surface area (Å²) >= 11 is 0. The smallest absolute Gasteiger partial charge is 0.240 e. The van der Waals surface area contributed by atoms with Gasteiger partial charge in [0, 0.05) is 33.8 Å². The normalized spacial score (nSPS) is 15.7. The van der Waals surface area contributed by atoms with Gasteiger partial charge in [0.2, 0.25) is 10.0 Å². The van der Waals surface area contributed by atoms with Crippen molar-refractivity contribution in [3.63, 3.8) is 0 Å². The number of hydrogen-bond acceptors (Lipinski definition) is 4. The van der Waals surface area contributed by atoms with Crippen LogP contribution in [0.3, 0.4) is 0 Å². The maximum Gasteiger partial charge on any atom is 0.240 e. The van der Waals surface area contributed by atoms with Crippen LogP contribution < -0.4 is 15.4 Å². The van der Waals surface area contributed by atoms with Gasteiger partial charge in [-0.05, 0) is 36.5 Å². The quantitative estimate of drug-likeness (QED) is 0.296. The zero-order valence-electron chi connectivity index (χ0n) is 17.0. The van der Waals surface area contributed by atoms with Crippen molar-refractivity contribution in [3.05, 3.63) is 29.8 Å². The standard InChI is InChI=1S/C20H34N4O3S/c1-21-20(22-12-6-10-17-7-3-4-8-17)23-16-18-9-5-11-19(15-18)28(25,26)24-13-14-27-2/h5,9,11,15,17,24H,3-4,6-8,10,12-14,16H2,1-2H3,(H2,21,22,23). The van der Waals surface area contributed by atoms with Gasteiger partial charge in [0.25, 0.3) is 0 Å². The summed E-state index contributed by atoms with van der Waals surface area (Å²) in [5.74, 6) is 1.64.